The van der Waals surface area contributed by atoms with E-state index >= 15 is 0 Å². The number of hydrogen-bond acceptors (Lipinski definition) is 4. The zero-order chi connectivity index (χ0) is 8.39. The lowest BCUT2D eigenvalue weighted by atomic mass is 10.4. The van der Waals surface area contributed by atoms with Gasteiger partial charge in [0.1, 0.15) is 5.82 Å². The maximum absolute atomic E-state index is 5.42. The van der Waals surface area contributed by atoms with Crippen LogP contribution in [0.1, 0.15) is 11.6 Å². The Balaban J connectivity index is 2.20. The number of thioether (sulfide) groups is 1. The summed E-state index contributed by atoms with van der Waals surface area (Å²) in [5.74, 6) is 4.15. The van der Waals surface area contributed by atoms with Gasteiger partial charge in [-0.15, -0.1) is 0 Å². The van der Waals surface area contributed by atoms with Crippen LogP contribution >= 0.6 is 11.8 Å². The average Bonchev–Trinajstić information content (AvgIpc) is 2.47. The van der Waals surface area contributed by atoms with E-state index in [9.17, 15) is 0 Å². The van der Waals surface area contributed by atoms with Crippen molar-refractivity contribution in [1.29, 1.82) is 0 Å². The molecular formula is C7H12N4S. The summed E-state index contributed by atoms with van der Waals surface area (Å²) in [5, 5.41) is 4.35. The Morgan fingerprint density at radius 2 is 2.50 bits per heavy atom. The van der Waals surface area contributed by atoms with Crippen LogP contribution in [0.15, 0.2) is 0 Å². The van der Waals surface area contributed by atoms with Crippen molar-refractivity contribution in [2.24, 2.45) is 5.73 Å². The number of hydrogen-bond donors (Lipinski definition) is 1. The third kappa shape index (κ3) is 1.47. The molecule has 1 aliphatic heterocycles. The van der Waals surface area contributed by atoms with Crippen LogP contribution in [0.5, 0.6) is 0 Å². The lowest BCUT2D eigenvalue weighted by Crippen LogP contribution is -2.12. The minimum Gasteiger partial charge on any atom is -0.330 e. The van der Waals surface area contributed by atoms with Crippen molar-refractivity contribution in [1.82, 2.24) is 14.8 Å². The van der Waals surface area contributed by atoms with Crippen LogP contribution in [0.25, 0.3) is 0 Å². The normalized spacial score (nSPS) is 16.1. The molecular weight excluding hydrogens is 172 g/mol. The maximum atomic E-state index is 5.42. The zero-order valence-corrected chi connectivity index (χ0v) is 7.68. The molecule has 12 heavy (non-hydrogen) atoms. The number of rotatable bonds is 2. The van der Waals surface area contributed by atoms with Gasteiger partial charge in [0, 0.05) is 12.2 Å². The summed E-state index contributed by atoms with van der Waals surface area (Å²) in [6.45, 7) is 1.63. The Bertz CT molecular complexity index is 247. The van der Waals surface area contributed by atoms with Gasteiger partial charge in [-0.1, -0.05) is 0 Å². The highest BCUT2D eigenvalue weighted by Gasteiger charge is 2.12. The average molecular weight is 184 g/mol. The van der Waals surface area contributed by atoms with Gasteiger partial charge in [-0.2, -0.15) is 16.9 Å². The van der Waals surface area contributed by atoms with Crippen molar-refractivity contribution in [3.63, 3.8) is 0 Å². The molecule has 0 amide bonds. The number of nitrogens with two attached hydrogens (primary N) is 1. The largest absolute Gasteiger partial charge is 0.330 e. The summed E-state index contributed by atoms with van der Waals surface area (Å²) in [4.78, 5) is 4.39. The second-order valence-corrected chi connectivity index (χ2v) is 3.86. The highest BCUT2D eigenvalue weighted by molar-refractivity contribution is 7.98. The van der Waals surface area contributed by atoms with Gasteiger partial charge in [0.2, 0.25) is 0 Å². The van der Waals surface area contributed by atoms with Gasteiger partial charge in [0.25, 0.3) is 0 Å². The van der Waals surface area contributed by atoms with Crippen LogP contribution in [0.3, 0.4) is 0 Å². The standard InChI is InChI=1S/C7H12N4S/c8-2-1-6-9-7-5-12-4-3-11(7)10-6/h1-5,8H2. The predicted molar refractivity (Wildman–Crippen MR) is 48.9 cm³/mol. The van der Waals surface area contributed by atoms with Crippen LogP contribution in [0, 0.1) is 0 Å². The summed E-state index contributed by atoms with van der Waals surface area (Å²) in [7, 11) is 0. The van der Waals surface area contributed by atoms with Crippen molar-refractivity contribution >= 4 is 11.8 Å². The molecule has 1 aromatic rings. The van der Waals surface area contributed by atoms with Gasteiger partial charge in [-0.3, -0.25) is 0 Å². The van der Waals surface area contributed by atoms with E-state index in [1.54, 1.807) is 0 Å². The van der Waals surface area contributed by atoms with Gasteiger partial charge in [-0.05, 0) is 6.54 Å². The quantitative estimate of drug-likeness (QED) is 0.704. The van der Waals surface area contributed by atoms with E-state index in [0.29, 0.717) is 6.54 Å². The van der Waals surface area contributed by atoms with Gasteiger partial charge < -0.3 is 5.73 Å². The Kier molecular flexibility index (Phi) is 2.32. The molecule has 0 aromatic carbocycles. The highest BCUT2D eigenvalue weighted by atomic mass is 32.2. The highest BCUT2D eigenvalue weighted by Crippen LogP contribution is 2.16. The molecule has 0 fully saturated rings. The Morgan fingerprint density at radius 1 is 1.58 bits per heavy atom. The molecule has 0 unspecified atom stereocenters. The molecule has 0 saturated heterocycles. The fraction of sp³-hybridized carbons (Fsp3) is 0.714. The number of nitrogens with zero attached hydrogens (tertiary/aromatic N) is 3. The fourth-order valence-electron chi connectivity index (χ4n) is 1.26. The molecule has 4 nitrogen and oxygen atoms in total. The maximum Gasteiger partial charge on any atom is 0.152 e. The summed E-state index contributed by atoms with van der Waals surface area (Å²) < 4.78 is 2.00. The van der Waals surface area contributed by atoms with Crippen molar-refractivity contribution in [3.05, 3.63) is 11.6 Å². The van der Waals surface area contributed by atoms with Crippen molar-refractivity contribution in [3.8, 4) is 0 Å². The molecule has 1 aromatic heterocycles. The topological polar surface area (TPSA) is 56.7 Å². The summed E-state index contributed by atoms with van der Waals surface area (Å²) >= 11 is 1.91. The lowest BCUT2D eigenvalue weighted by molar-refractivity contribution is 0.620. The first-order valence-corrected chi connectivity index (χ1v) is 5.26. The van der Waals surface area contributed by atoms with E-state index in [1.165, 1.54) is 0 Å². The smallest absolute Gasteiger partial charge is 0.152 e. The third-order valence-electron chi connectivity index (χ3n) is 1.84. The summed E-state index contributed by atoms with van der Waals surface area (Å²) in [6, 6.07) is 0. The molecule has 0 atom stereocenters. The molecule has 1 aliphatic rings. The number of aryl methyl sites for hydroxylation is 1. The number of fused-ring (bicyclic) bond motifs is 1. The van der Waals surface area contributed by atoms with Crippen LogP contribution in [0.4, 0.5) is 0 Å². The van der Waals surface area contributed by atoms with E-state index in [1.807, 2.05) is 16.4 Å². The van der Waals surface area contributed by atoms with E-state index < -0.39 is 0 Å². The molecule has 2 heterocycles. The first-order chi connectivity index (χ1) is 5.90. The summed E-state index contributed by atoms with van der Waals surface area (Å²) in [6.07, 6.45) is 0.796. The van der Waals surface area contributed by atoms with E-state index in [0.717, 1.165) is 36.1 Å². The van der Waals surface area contributed by atoms with Crippen molar-refractivity contribution in [2.75, 3.05) is 12.3 Å². The molecule has 0 radical (unpaired) electrons. The van der Waals surface area contributed by atoms with Crippen molar-refractivity contribution in [2.45, 2.75) is 18.7 Å². The molecule has 5 heteroatoms. The van der Waals surface area contributed by atoms with Gasteiger partial charge in [0.15, 0.2) is 5.82 Å². The third-order valence-corrected chi connectivity index (χ3v) is 2.77. The minimum atomic E-state index is 0.636. The Hall–Kier alpha value is -0.550. The van der Waals surface area contributed by atoms with Gasteiger partial charge >= 0.3 is 0 Å². The fourth-order valence-corrected chi connectivity index (χ4v) is 2.10. The molecule has 0 spiro atoms. The van der Waals surface area contributed by atoms with Crippen LogP contribution < -0.4 is 5.73 Å². The Morgan fingerprint density at radius 3 is 3.25 bits per heavy atom. The van der Waals surface area contributed by atoms with Gasteiger partial charge in [-0.25, -0.2) is 9.67 Å². The van der Waals surface area contributed by atoms with Crippen molar-refractivity contribution < 1.29 is 0 Å². The summed E-state index contributed by atoms with van der Waals surface area (Å²) in [5.41, 5.74) is 5.42. The molecule has 0 aliphatic carbocycles. The monoisotopic (exact) mass is 184 g/mol. The second-order valence-electron chi connectivity index (χ2n) is 2.76. The number of aromatic nitrogens is 3. The Labute approximate surface area is 75.5 Å². The first kappa shape index (κ1) is 8.07. The molecule has 0 saturated carbocycles. The zero-order valence-electron chi connectivity index (χ0n) is 6.86. The molecule has 66 valence electrons. The van der Waals surface area contributed by atoms with E-state index in [2.05, 4.69) is 10.1 Å². The molecule has 0 bridgehead atoms. The SMILES string of the molecule is NCCc1nc2n(n1)CCSC2. The van der Waals surface area contributed by atoms with Crippen LogP contribution in [0.2, 0.25) is 0 Å². The lowest BCUT2D eigenvalue weighted by Gasteiger charge is -2.09. The molecule has 2 N–H and O–H groups in total. The van der Waals surface area contributed by atoms with E-state index in [4.69, 9.17) is 5.73 Å². The first-order valence-electron chi connectivity index (χ1n) is 4.10. The molecule has 2 rings (SSSR count). The second kappa shape index (κ2) is 3.45. The minimum absolute atomic E-state index is 0.636. The van der Waals surface area contributed by atoms with E-state index in [-0.39, 0.29) is 0 Å². The van der Waals surface area contributed by atoms with Crippen LogP contribution in [-0.4, -0.2) is 27.1 Å². The van der Waals surface area contributed by atoms with Crippen LogP contribution in [-0.2, 0) is 18.7 Å². The van der Waals surface area contributed by atoms with Gasteiger partial charge in [0.05, 0.1) is 12.3 Å². The predicted octanol–water partition coefficient (Wildman–Crippen LogP) is 0.0261.